The van der Waals surface area contributed by atoms with Crippen LogP contribution in [0.25, 0.3) is 0 Å². The lowest BCUT2D eigenvalue weighted by Crippen LogP contribution is -2.30. The Balaban J connectivity index is 2.85. The van der Waals surface area contributed by atoms with E-state index in [1.165, 1.54) is 7.05 Å². The second-order valence-electron chi connectivity index (χ2n) is 3.45. The van der Waals surface area contributed by atoms with Crippen LogP contribution in [0, 0.1) is 0 Å². The van der Waals surface area contributed by atoms with Crippen molar-refractivity contribution in [3.8, 4) is 0 Å². The first kappa shape index (κ1) is 13.3. The van der Waals surface area contributed by atoms with Gasteiger partial charge in [-0.25, -0.2) is 0 Å². The molecule has 0 radical (unpaired) electrons. The number of hydrogen-bond donors (Lipinski definition) is 1. The van der Waals surface area contributed by atoms with Gasteiger partial charge in [-0.05, 0) is 17.7 Å². The molecule has 90 valence electrons. The molecule has 0 amide bonds. The molecule has 0 atom stereocenters. The van der Waals surface area contributed by atoms with Crippen molar-refractivity contribution < 1.29 is 13.2 Å². The average molecular weight is 297 g/mol. The van der Waals surface area contributed by atoms with E-state index in [1.807, 2.05) is 0 Å². The molecule has 0 aromatic heterocycles. The number of benzene rings is 1. The smallest absolute Gasteiger partial charge is 0.366 e. The zero-order valence-electron chi connectivity index (χ0n) is 8.68. The predicted molar refractivity (Wildman–Crippen MR) is 61.4 cm³/mol. The fraction of sp³-hybridized carbons (Fsp3) is 0.400. The van der Waals surface area contributed by atoms with Crippen LogP contribution in [-0.4, -0.2) is 19.8 Å². The van der Waals surface area contributed by atoms with Crippen LogP contribution in [0.15, 0.2) is 22.7 Å². The van der Waals surface area contributed by atoms with Crippen molar-refractivity contribution in [2.75, 3.05) is 18.5 Å². The topological polar surface area (TPSA) is 29.3 Å². The minimum atomic E-state index is -4.20. The van der Waals surface area contributed by atoms with Crippen molar-refractivity contribution >= 4 is 21.6 Å². The maximum atomic E-state index is 12.2. The monoisotopic (exact) mass is 296 g/mol. The van der Waals surface area contributed by atoms with Crippen LogP contribution in [0.4, 0.5) is 18.9 Å². The lowest BCUT2D eigenvalue weighted by Gasteiger charge is -2.21. The van der Waals surface area contributed by atoms with Crippen molar-refractivity contribution in [3.63, 3.8) is 0 Å². The quantitative estimate of drug-likeness (QED) is 0.929. The molecule has 0 unspecified atom stereocenters. The summed E-state index contributed by atoms with van der Waals surface area (Å²) in [4.78, 5) is 1.14. The molecule has 0 fully saturated rings. The minimum Gasteiger partial charge on any atom is -0.366 e. The molecule has 2 N–H and O–H groups in total. The van der Waals surface area contributed by atoms with E-state index in [1.54, 1.807) is 18.2 Å². The van der Waals surface area contributed by atoms with Gasteiger partial charge in [0.2, 0.25) is 0 Å². The second kappa shape index (κ2) is 5.05. The third kappa shape index (κ3) is 3.68. The second-order valence-corrected chi connectivity index (χ2v) is 4.31. The Morgan fingerprint density at radius 1 is 1.38 bits per heavy atom. The van der Waals surface area contributed by atoms with Crippen LogP contribution < -0.4 is 10.6 Å². The summed E-state index contributed by atoms with van der Waals surface area (Å²) in [7, 11) is 1.40. The van der Waals surface area contributed by atoms with Gasteiger partial charge in [0.1, 0.15) is 6.54 Å². The summed E-state index contributed by atoms with van der Waals surface area (Å²) in [6, 6.07) is 4.97. The van der Waals surface area contributed by atoms with Crippen LogP contribution in [0.5, 0.6) is 0 Å². The summed E-state index contributed by atoms with van der Waals surface area (Å²) in [6.45, 7) is -0.620. The predicted octanol–water partition coefficient (Wildman–Crippen LogP) is 2.91. The van der Waals surface area contributed by atoms with Gasteiger partial charge in [-0.2, -0.15) is 13.2 Å². The van der Waals surface area contributed by atoms with Gasteiger partial charge in [0, 0.05) is 23.8 Å². The number of rotatable bonds is 3. The van der Waals surface area contributed by atoms with Gasteiger partial charge in [-0.1, -0.05) is 22.0 Å². The van der Waals surface area contributed by atoms with Gasteiger partial charge >= 0.3 is 6.18 Å². The van der Waals surface area contributed by atoms with Gasteiger partial charge in [0.25, 0.3) is 0 Å². The van der Waals surface area contributed by atoms with Crippen LogP contribution in [0.1, 0.15) is 5.56 Å². The van der Waals surface area contributed by atoms with Crippen molar-refractivity contribution in [3.05, 3.63) is 28.2 Å². The van der Waals surface area contributed by atoms with E-state index in [-0.39, 0.29) is 0 Å². The van der Waals surface area contributed by atoms with Gasteiger partial charge in [0.05, 0.1) is 0 Å². The summed E-state index contributed by atoms with van der Waals surface area (Å²) in [6.07, 6.45) is -4.20. The van der Waals surface area contributed by atoms with Crippen molar-refractivity contribution in [1.29, 1.82) is 0 Å². The zero-order chi connectivity index (χ0) is 12.3. The SMILES string of the molecule is CN(CC(F)(F)F)c1ccc(CN)c(Br)c1. The molecule has 1 aromatic rings. The molecular weight excluding hydrogens is 285 g/mol. The maximum absolute atomic E-state index is 12.2. The van der Waals surface area contributed by atoms with Crippen LogP contribution in [0.3, 0.4) is 0 Å². The Morgan fingerprint density at radius 2 is 2.00 bits per heavy atom. The lowest BCUT2D eigenvalue weighted by molar-refractivity contribution is -0.119. The number of alkyl halides is 3. The van der Waals surface area contributed by atoms with Gasteiger partial charge in [-0.15, -0.1) is 0 Å². The summed E-state index contributed by atoms with van der Waals surface area (Å²) < 4.78 is 37.2. The highest BCUT2D eigenvalue weighted by atomic mass is 79.9. The Labute approximate surface area is 100 Å². The number of nitrogens with two attached hydrogens (primary N) is 1. The van der Waals surface area contributed by atoms with E-state index in [4.69, 9.17) is 5.73 Å². The van der Waals surface area contributed by atoms with E-state index in [2.05, 4.69) is 15.9 Å². The molecule has 0 heterocycles. The standard InChI is InChI=1S/C10H12BrF3N2/c1-16(6-10(12,13)14)8-3-2-7(5-15)9(11)4-8/h2-4H,5-6,15H2,1H3. The molecule has 0 aliphatic heterocycles. The molecule has 1 rings (SSSR count). The normalized spacial score (nSPS) is 11.6. The van der Waals surface area contributed by atoms with E-state index < -0.39 is 12.7 Å². The van der Waals surface area contributed by atoms with E-state index >= 15 is 0 Å². The van der Waals surface area contributed by atoms with E-state index in [9.17, 15) is 13.2 Å². The van der Waals surface area contributed by atoms with E-state index in [0.717, 1.165) is 14.9 Å². The molecule has 1 aromatic carbocycles. The molecular formula is C10H12BrF3N2. The molecule has 0 saturated carbocycles. The summed E-state index contributed by atoms with van der Waals surface area (Å²) in [5.74, 6) is 0. The molecule has 16 heavy (non-hydrogen) atoms. The Bertz CT molecular complexity index is 366. The van der Waals surface area contributed by atoms with E-state index in [0.29, 0.717) is 12.2 Å². The van der Waals surface area contributed by atoms with Crippen molar-refractivity contribution in [2.45, 2.75) is 12.7 Å². The highest BCUT2D eigenvalue weighted by Crippen LogP contribution is 2.25. The highest BCUT2D eigenvalue weighted by molar-refractivity contribution is 9.10. The first-order chi connectivity index (χ1) is 7.33. The van der Waals surface area contributed by atoms with Crippen molar-refractivity contribution in [1.82, 2.24) is 0 Å². The molecule has 0 spiro atoms. The Hall–Kier alpha value is -0.750. The first-order valence-corrected chi connectivity index (χ1v) is 5.39. The zero-order valence-corrected chi connectivity index (χ0v) is 10.3. The molecule has 0 aliphatic rings. The largest absolute Gasteiger partial charge is 0.405 e. The third-order valence-electron chi connectivity index (χ3n) is 2.11. The number of hydrogen-bond acceptors (Lipinski definition) is 2. The van der Waals surface area contributed by atoms with Crippen molar-refractivity contribution in [2.24, 2.45) is 5.73 Å². The van der Waals surface area contributed by atoms with Gasteiger partial charge < -0.3 is 10.6 Å². The molecule has 0 bridgehead atoms. The average Bonchev–Trinajstić information content (AvgIpc) is 2.15. The fourth-order valence-corrected chi connectivity index (χ4v) is 1.83. The maximum Gasteiger partial charge on any atom is 0.405 e. The molecule has 6 heteroatoms. The lowest BCUT2D eigenvalue weighted by atomic mass is 10.2. The minimum absolute atomic E-state index is 0.351. The molecule has 2 nitrogen and oxygen atoms in total. The highest BCUT2D eigenvalue weighted by Gasteiger charge is 2.29. The summed E-state index contributed by atoms with van der Waals surface area (Å²) >= 11 is 3.27. The number of halogens is 4. The molecule has 0 saturated heterocycles. The van der Waals surface area contributed by atoms with Crippen LogP contribution in [0.2, 0.25) is 0 Å². The summed E-state index contributed by atoms with van der Waals surface area (Å²) in [5.41, 5.74) is 6.82. The third-order valence-corrected chi connectivity index (χ3v) is 2.85. The van der Waals surface area contributed by atoms with Crippen LogP contribution in [-0.2, 0) is 6.54 Å². The summed E-state index contributed by atoms with van der Waals surface area (Å²) in [5, 5.41) is 0. The number of anilines is 1. The Kier molecular flexibility index (Phi) is 4.21. The number of nitrogens with zero attached hydrogens (tertiary/aromatic N) is 1. The van der Waals surface area contributed by atoms with Crippen LogP contribution >= 0.6 is 15.9 Å². The fourth-order valence-electron chi connectivity index (χ4n) is 1.30. The van der Waals surface area contributed by atoms with Gasteiger partial charge in [0.15, 0.2) is 0 Å². The van der Waals surface area contributed by atoms with Gasteiger partial charge in [-0.3, -0.25) is 0 Å². The Morgan fingerprint density at radius 3 is 2.44 bits per heavy atom. The first-order valence-electron chi connectivity index (χ1n) is 4.60. The molecule has 0 aliphatic carbocycles.